The van der Waals surface area contributed by atoms with E-state index in [0.29, 0.717) is 22.4 Å². The number of carbonyl (C=O) groups is 1. The van der Waals surface area contributed by atoms with E-state index in [0.717, 1.165) is 22.7 Å². The van der Waals surface area contributed by atoms with E-state index < -0.39 is 6.09 Å². The third-order valence-electron chi connectivity index (χ3n) is 2.72. The second-order valence-electron chi connectivity index (χ2n) is 4.25. The number of carbonyl (C=O) groups excluding carboxylic acids is 1. The molecule has 106 valence electrons. The number of unbranched alkanes of at least 4 members (excludes halogenated alkanes) is 1. The van der Waals surface area contributed by atoms with Gasteiger partial charge in [-0.05, 0) is 50.4 Å². The number of nitrogens with one attached hydrogen (secondary N) is 1. The molecule has 0 saturated carbocycles. The van der Waals surface area contributed by atoms with Crippen LogP contribution >= 0.6 is 31.9 Å². The lowest BCUT2D eigenvalue weighted by atomic mass is 10.2. The van der Waals surface area contributed by atoms with Gasteiger partial charge in [-0.3, -0.25) is 0 Å². The van der Waals surface area contributed by atoms with E-state index in [1.54, 1.807) is 6.07 Å². The number of ether oxygens (including phenoxy) is 1. The van der Waals surface area contributed by atoms with E-state index in [1.807, 2.05) is 18.2 Å². The number of para-hydroxylation sites is 1. The van der Waals surface area contributed by atoms with Crippen molar-refractivity contribution in [3.63, 3.8) is 0 Å². The van der Waals surface area contributed by atoms with E-state index in [1.165, 1.54) is 0 Å². The Kier molecular flexibility index (Phi) is 5.37. The summed E-state index contributed by atoms with van der Waals surface area (Å²) in [6, 6.07) is 7.33. The Morgan fingerprint density at radius 3 is 2.95 bits per heavy atom. The second kappa shape index (κ2) is 7.04. The van der Waals surface area contributed by atoms with Crippen molar-refractivity contribution in [3.05, 3.63) is 33.3 Å². The standard InChI is InChI=1S/C14H14Br2N2O2/c1-2-3-7-17-14(19)20-11-6-4-5-9-10(15)8-12(16)18-13(9)11/h4-6,8H,2-3,7H2,1H3,(H,17,19). The maximum atomic E-state index is 11.7. The van der Waals surface area contributed by atoms with Gasteiger partial charge in [0.2, 0.25) is 0 Å². The van der Waals surface area contributed by atoms with Gasteiger partial charge < -0.3 is 10.1 Å². The molecule has 0 aliphatic rings. The molecule has 2 aromatic rings. The van der Waals surface area contributed by atoms with Gasteiger partial charge in [-0.1, -0.05) is 25.5 Å². The van der Waals surface area contributed by atoms with Gasteiger partial charge in [0.15, 0.2) is 5.75 Å². The number of hydrogen-bond acceptors (Lipinski definition) is 3. The van der Waals surface area contributed by atoms with Gasteiger partial charge in [-0.25, -0.2) is 9.78 Å². The molecule has 0 atom stereocenters. The molecule has 0 bridgehead atoms. The van der Waals surface area contributed by atoms with Crippen LogP contribution in [0.25, 0.3) is 10.9 Å². The van der Waals surface area contributed by atoms with Gasteiger partial charge in [0.05, 0.1) is 0 Å². The van der Waals surface area contributed by atoms with Crippen LogP contribution in [0.15, 0.2) is 33.3 Å². The molecule has 0 unspecified atom stereocenters. The van der Waals surface area contributed by atoms with Crippen molar-refractivity contribution < 1.29 is 9.53 Å². The number of nitrogens with zero attached hydrogens (tertiary/aromatic N) is 1. The molecule has 1 aromatic heterocycles. The smallest absolute Gasteiger partial charge is 0.408 e. The molecule has 2 rings (SSSR count). The van der Waals surface area contributed by atoms with Crippen LogP contribution in [0.4, 0.5) is 4.79 Å². The van der Waals surface area contributed by atoms with Crippen LogP contribution in [0.3, 0.4) is 0 Å². The number of rotatable bonds is 4. The third-order valence-corrected chi connectivity index (χ3v) is 3.79. The zero-order valence-corrected chi connectivity index (χ0v) is 14.1. The highest BCUT2D eigenvalue weighted by Gasteiger charge is 2.11. The Balaban J connectivity index is 2.24. The van der Waals surface area contributed by atoms with Crippen molar-refractivity contribution in [1.29, 1.82) is 0 Å². The van der Waals surface area contributed by atoms with Gasteiger partial charge in [0.1, 0.15) is 10.1 Å². The molecule has 0 aliphatic heterocycles. The molecule has 1 N–H and O–H groups in total. The molecule has 1 aromatic carbocycles. The first-order valence-electron chi connectivity index (χ1n) is 6.32. The summed E-state index contributed by atoms with van der Waals surface area (Å²) in [5, 5.41) is 3.61. The normalized spacial score (nSPS) is 10.6. The fraction of sp³-hybridized carbons (Fsp3) is 0.286. The van der Waals surface area contributed by atoms with Crippen molar-refractivity contribution in [2.24, 2.45) is 0 Å². The summed E-state index contributed by atoms with van der Waals surface area (Å²) in [4.78, 5) is 16.1. The summed E-state index contributed by atoms with van der Waals surface area (Å²) >= 11 is 6.81. The van der Waals surface area contributed by atoms with Gasteiger partial charge >= 0.3 is 6.09 Å². The summed E-state index contributed by atoms with van der Waals surface area (Å²) in [7, 11) is 0. The number of amides is 1. The van der Waals surface area contributed by atoms with Crippen LogP contribution < -0.4 is 10.1 Å². The van der Waals surface area contributed by atoms with E-state index in [2.05, 4.69) is 49.1 Å². The summed E-state index contributed by atoms with van der Waals surface area (Å²) in [6.07, 6.45) is 1.50. The van der Waals surface area contributed by atoms with Crippen molar-refractivity contribution >= 4 is 48.9 Å². The first-order valence-corrected chi connectivity index (χ1v) is 7.91. The lowest BCUT2D eigenvalue weighted by Crippen LogP contribution is -2.27. The highest BCUT2D eigenvalue weighted by Crippen LogP contribution is 2.31. The average molecular weight is 402 g/mol. The van der Waals surface area contributed by atoms with Crippen molar-refractivity contribution in [2.45, 2.75) is 19.8 Å². The number of aromatic nitrogens is 1. The third kappa shape index (κ3) is 3.70. The highest BCUT2D eigenvalue weighted by molar-refractivity contribution is 9.11. The van der Waals surface area contributed by atoms with Gasteiger partial charge in [-0.15, -0.1) is 0 Å². The Morgan fingerprint density at radius 1 is 1.40 bits per heavy atom. The zero-order chi connectivity index (χ0) is 14.5. The lowest BCUT2D eigenvalue weighted by molar-refractivity contribution is 0.201. The predicted molar refractivity (Wildman–Crippen MR) is 86.1 cm³/mol. The minimum absolute atomic E-state index is 0.443. The largest absolute Gasteiger partial charge is 0.412 e. The molecule has 6 heteroatoms. The van der Waals surface area contributed by atoms with E-state index in [4.69, 9.17) is 4.74 Å². The Labute approximate surface area is 134 Å². The van der Waals surface area contributed by atoms with Crippen LogP contribution in [0, 0.1) is 0 Å². The fourth-order valence-corrected chi connectivity index (χ4v) is 2.99. The predicted octanol–water partition coefficient (Wildman–Crippen LogP) is 4.65. The number of halogens is 2. The maximum absolute atomic E-state index is 11.7. The topological polar surface area (TPSA) is 51.2 Å². The Morgan fingerprint density at radius 2 is 2.20 bits per heavy atom. The summed E-state index contributed by atoms with van der Waals surface area (Å²) in [5.41, 5.74) is 0.638. The van der Waals surface area contributed by atoms with Crippen molar-refractivity contribution in [2.75, 3.05) is 6.54 Å². The van der Waals surface area contributed by atoms with Crippen LogP contribution in [-0.4, -0.2) is 17.6 Å². The van der Waals surface area contributed by atoms with Crippen LogP contribution in [0.1, 0.15) is 19.8 Å². The quantitative estimate of drug-likeness (QED) is 0.599. The molecule has 0 spiro atoms. The van der Waals surface area contributed by atoms with Crippen molar-refractivity contribution in [3.8, 4) is 5.75 Å². The molecule has 20 heavy (non-hydrogen) atoms. The molecule has 1 heterocycles. The highest BCUT2D eigenvalue weighted by atomic mass is 79.9. The summed E-state index contributed by atoms with van der Waals surface area (Å²) in [5.74, 6) is 0.443. The molecular weight excluding hydrogens is 388 g/mol. The first-order chi connectivity index (χ1) is 9.61. The SMILES string of the molecule is CCCCNC(=O)Oc1cccc2c(Br)cc(Br)nc12. The molecule has 4 nitrogen and oxygen atoms in total. The molecule has 0 fully saturated rings. The Hall–Kier alpha value is -1.14. The van der Waals surface area contributed by atoms with Crippen molar-refractivity contribution in [1.82, 2.24) is 10.3 Å². The van der Waals surface area contributed by atoms with Gasteiger partial charge in [-0.2, -0.15) is 0 Å². The first kappa shape index (κ1) is 15.3. The molecule has 0 radical (unpaired) electrons. The van der Waals surface area contributed by atoms with Crippen LogP contribution in [0.5, 0.6) is 5.75 Å². The average Bonchev–Trinajstić information content (AvgIpc) is 2.40. The van der Waals surface area contributed by atoms with Gasteiger partial charge in [0.25, 0.3) is 0 Å². The number of benzene rings is 1. The fourth-order valence-electron chi connectivity index (χ4n) is 1.74. The van der Waals surface area contributed by atoms with Crippen LogP contribution in [-0.2, 0) is 0 Å². The van der Waals surface area contributed by atoms with Gasteiger partial charge in [0, 0.05) is 16.4 Å². The summed E-state index contributed by atoms with van der Waals surface area (Å²) in [6.45, 7) is 2.68. The number of hydrogen-bond donors (Lipinski definition) is 1. The number of pyridine rings is 1. The minimum atomic E-state index is -0.455. The minimum Gasteiger partial charge on any atom is -0.408 e. The number of fused-ring (bicyclic) bond motifs is 1. The second-order valence-corrected chi connectivity index (χ2v) is 5.92. The maximum Gasteiger partial charge on any atom is 0.412 e. The van der Waals surface area contributed by atoms with Crippen LogP contribution in [0.2, 0.25) is 0 Å². The van der Waals surface area contributed by atoms with E-state index in [-0.39, 0.29) is 0 Å². The van der Waals surface area contributed by atoms with E-state index >= 15 is 0 Å². The molecule has 0 aliphatic carbocycles. The monoisotopic (exact) mass is 400 g/mol. The lowest BCUT2D eigenvalue weighted by Gasteiger charge is -2.09. The Bertz CT molecular complexity index is 632. The zero-order valence-electron chi connectivity index (χ0n) is 11.0. The molecular formula is C14H14Br2N2O2. The molecule has 1 amide bonds. The van der Waals surface area contributed by atoms with E-state index in [9.17, 15) is 4.79 Å². The summed E-state index contributed by atoms with van der Waals surface area (Å²) < 4.78 is 6.90. The molecule has 0 saturated heterocycles.